The van der Waals surface area contributed by atoms with E-state index >= 15 is 0 Å². The summed E-state index contributed by atoms with van der Waals surface area (Å²) in [6.07, 6.45) is 20.3. The summed E-state index contributed by atoms with van der Waals surface area (Å²) in [4.78, 5) is 23.0. The average Bonchev–Trinajstić information content (AvgIpc) is 1.60. The molecule has 0 unspecified atom stereocenters. The lowest BCUT2D eigenvalue weighted by atomic mass is 9.86. The molecular weight excluding hydrogens is 1850 g/mol. The number of aryl methyl sites for hydroxylation is 9. The normalized spacial score (nSPS) is 12.6. The molecule has 3 N–H and O–H groups in total. The van der Waals surface area contributed by atoms with Crippen molar-refractivity contribution in [3.63, 3.8) is 0 Å². The highest BCUT2D eigenvalue weighted by molar-refractivity contribution is 5.99. The second kappa shape index (κ2) is 44.7. The van der Waals surface area contributed by atoms with E-state index in [2.05, 4.69) is 367 Å². The van der Waals surface area contributed by atoms with Gasteiger partial charge in [-0.25, -0.2) is 4.79 Å². The molecule has 1 saturated carbocycles. The van der Waals surface area contributed by atoms with Gasteiger partial charge in [0, 0.05) is 204 Å². The average molecular weight is 2010 g/mol. The van der Waals surface area contributed by atoms with Gasteiger partial charge in [-0.2, -0.15) is 40.8 Å². The molecular formula is C124H162N20O5. The van der Waals surface area contributed by atoms with Crippen molar-refractivity contribution < 1.29 is 24.2 Å². The first-order valence-electron chi connectivity index (χ1n) is 52.2. The number of amides is 1. The third-order valence-electron chi connectivity index (χ3n) is 27.2. The lowest BCUT2D eigenvalue weighted by Crippen LogP contribution is -2.24. The number of benzene rings is 8. The van der Waals surface area contributed by atoms with Crippen molar-refractivity contribution in [3.8, 4) is 50.6 Å². The summed E-state index contributed by atoms with van der Waals surface area (Å²) >= 11 is 0. The van der Waals surface area contributed by atoms with Crippen molar-refractivity contribution in [2.75, 3.05) is 19.0 Å². The Morgan fingerprint density at radius 3 is 1.45 bits per heavy atom. The fourth-order valence-electron chi connectivity index (χ4n) is 18.9. The number of methoxy groups -OCH3 is 1. The number of rotatable bonds is 13. The Balaban J connectivity index is 0.000000142. The zero-order valence-electron chi connectivity index (χ0n) is 95.6. The van der Waals surface area contributed by atoms with Crippen LogP contribution < -0.4 is 10.1 Å². The van der Waals surface area contributed by atoms with Gasteiger partial charge >= 0.3 is 5.97 Å². The zero-order valence-corrected chi connectivity index (χ0v) is 95.6. The van der Waals surface area contributed by atoms with E-state index in [0.717, 1.165) is 83.6 Å². The summed E-state index contributed by atoms with van der Waals surface area (Å²) in [6.45, 7) is 62.0. The number of hydrogen-bond acceptors (Lipinski definition) is 13. The molecule has 25 heteroatoms. The first-order chi connectivity index (χ1) is 69.7. The van der Waals surface area contributed by atoms with Crippen LogP contribution in [0, 0.1) is 12.8 Å². The van der Waals surface area contributed by atoms with Crippen LogP contribution in [0.5, 0.6) is 5.75 Å². The lowest BCUT2D eigenvalue weighted by molar-refractivity contribution is -0.118. The number of anilines is 1. The molecule has 25 nitrogen and oxygen atoms in total. The third kappa shape index (κ3) is 26.6. The minimum absolute atomic E-state index is 0.0155. The first-order valence-corrected chi connectivity index (χ1v) is 52.2. The van der Waals surface area contributed by atoms with E-state index in [1.807, 2.05) is 186 Å². The number of para-hydroxylation sites is 1. The van der Waals surface area contributed by atoms with Crippen LogP contribution in [0.2, 0.25) is 0 Å². The van der Waals surface area contributed by atoms with Gasteiger partial charge in [-0.05, 0) is 223 Å². The van der Waals surface area contributed by atoms with Crippen LogP contribution in [0.4, 0.5) is 5.69 Å². The van der Waals surface area contributed by atoms with Gasteiger partial charge in [0.15, 0.2) is 0 Å². The van der Waals surface area contributed by atoms with Crippen molar-refractivity contribution in [3.05, 3.63) is 276 Å². The molecule has 788 valence electrons. The molecule has 1 amide bonds. The molecule has 0 atom stereocenters. The number of aliphatic hydroxyl groups excluding tert-OH is 1. The second-order valence-corrected chi connectivity index (χ2v) is 48.0. The first kappa shape index (κ1) is 112. The number of H-pyrrole nitrogens is 1. The molecule has 1 fully saturated rings. The van der Waals surface area contributed by atoms with Gasteiger partial charge in [0.1, 0.15) is 22.8 Å². The number of aliphatic hydroxyl groups is 1. The number of nitrogens with one attached hydrogen (secondary N) is 2. The Kier molecular flexibility index (Phi) is 33.6. The number of carbonyl (C=O) groups is 2. The largest absolute Gasteiger partial charge is 0.491 e. The number of aromatic amines is 1. The molecule has 149 heavy (non-hydrogen) atoms. The van der Waals surface area contributed by atoms with E-state index in [1.54, 1.807) is 9.36 Å². The molecule has 0 spiro atoms. The molecule has 11 aromatic heterocycles. The monoisotopic (exact) mass is 2010 g/mol. The van der Waals surface area contributed by atoms with E-state index in [-0.39, 0.29) is 68.5 Å². The Morgan fingerprint density at radius 1 is 0.450 bits per heavy atom. The van der Waals surface area contributed by atoms with Gasteiger partial charge in [-0.1, -0.05) is 219 Å². The molecule has 11 heterocycles. The van der Waals surface area contributed by atoms with Gasteiger partial charge < -0.3 is 33.6 Å². The molecule has 0 radical (unpaired) electrons. The molecule has 8 aromatic carbocycles. The second-order valence-electron chi connectivity index (χ2n) is 48.0. The predicted molar refractivity (Wildman–Crippen MR) is 616 cm³/mol. The van der Waals surface area contributed by atoms with E-state index in [4.69, 9.17) is 14.6 Å². The highest BCUT2D eigenvalue weighted by Gasteiger charge is 2.32. The number of esters is 1. The molecule has 0 aliphatic heterocycles. The molecule has 20 rings (SSSR count). The van der Waals surface area contributed by atoms with Gasteiger partial charge in [0.25, 0.3) is 0 Å². The van der Waals surface area contributed by atoms with Crippen molar-refractivity contribution in [2.45, 2.75) is 269 Å². The standard InChI is InChI=1S/C17H22N4O.C17H21N3.C16H20N4.C16H23N.C15H18N4.C15H20N2.C15H19NO2.C13H19NO2/c1-17(2,3)13-5-6-15-14(9-13)16(19-21(15)7-8-22)12-10-18-20(4)11-12;1-17(2,3)16-9-13-7-6-12(8-15(13)20(16)5)14-10-18-19(4)11-14;1-16(2,3)12-6-7-14-13(8-12)15(18-20(14)5)11-9-17-19(4)10-11;1-11(2)15-12(3)13-9-7-8-10-14(13)17(15)16(4,5)6;1-15(2,3)11-5-6-13-12(7-11)14(18-17-13)10-8-16-19(4)9-10;1-15(2,3)11-7-8-13-12(9-11)14(10-5-6-10)16-17(13)4;1-15(2,3)12-9-16(4)13-8-10(14(17)18-5)6-7-11(12)13;1-9(2)13(15)14-11-6-5-7-12(8-11)16-10(3)4/h5-6,9-11,22H,7-8H2,1-4H3;6-11H,1-5H3;6-10H,1-5H3;7-11H,1-6H3;5-9H,1-4H3,(H,17,18);7-10H,5-6H2,1-4H3;6-9H,1-5H3;5-10H,1-4H3,(H,14,15). The summed E-state index contributed by atoms with van der Waals surface area (Å²) in [6, 6.07) is 57.1. The predicted octanol–water partition coefficient (Wildman–Crippen LogP) is 28.0. The number of carbonyl (C=O) groups excluding carboxylic acids is 2. The summed E-state index contributed by atoms with van der Waals surface area (Å²) in [5.74, 6) is 1.75. The SMILES string of the molecule is CC(C)Oc1cccc(NC(=O)C(C)C)c1.COC(=O)c1ccc2c(C(C)(C)C)cn(C)c2c1.Cc1c(C(C)C)n(C(C)(C)C)c2ccccc12.Cn1cc(-c2ccc3cc(C(C)(C)C)n(C)c3c2)cn1.Cn1cc(-c2n[nH]c3ccc(C(C)(C)C)cc23)cn1.Cn1cc(-c2nn(C)c3ccc(C(C)(C)C)cc23)cn1.Cn1cc(-c2nn(CCO)c3ccc(C(C)(C)C)cc23)cn1.Cn1nc(C2CC2)c2cc(C(C)(C)C)ccc21. The van der Waals surface area contributed by atoms with Crippen LogP contribution in [-0.4, -0.2) is 129 Å². The minimum Gasteiger partial charge on any atom is -0.491 e. The van der Waals surface area contributed by atoms with E-state index < -0.39 is 0 Å². The van der Waals surface area contributed by atoms with Crippen molar-refractivity contribution in [1.82, 2.24) is 92.4 Å². The maximum Gasteiger partial charge on any atom is 0.337 e. The van der Waals surface area contributed by atoms with Crippen LogP contribution in [0.25, 0.3) is 121 Å². The minimum atomic E-state index is -0.296. The number of aromatic nitrogens is 19. The van der Waals surface area contributed by atoms with Crippen molar-refractivity contribution in [1.29, 1.82) is 0 Å². The molecule has 1 aliphatic rings. The maximum atomic E-state index is 11.5. The van der Waals surface area contributed by atoms with Gasteiger partial charge in [0.05, 0.1) is 84.5 Å². The Morgan fingerprint density at radius 2 is 0.953 bits per heavy atom. The van der Waals surface area contributed by atoms with Crippen LogP contribution >= 0.6 is 0 Å². The highest BCUT2D eigenvalue weighted by atomic mass is 16.5. The van der Waals surface area contributed by atoms with Crippen molar-refractivity contribution in [2.24, 2.45) is 62.3 Å². The molecule has 0 bridgehead atoms. The van der Waals surface area contributed by atoms with Crippen molar-refractivity contribution >= 4 is 93.9 Å². The Hall–Kier alpha value is -14.2. The Bertz CT molecular complexity index is 7910. The number of ether oxygens (including phenoxy) is 2. The van der Waals surface area contributed by atoms with Crippen LogP contribution in [0.1, 0.15) is 272 Å². The van der Waals surface area contributed by atoms with Crippen LogP contribution in [0.3, 0.4) is 0 Å². The number of fused-ring (bicyclic) bond motifs is 7. The van der Waals surface area contributed by atoms with Gasteiger partial charge in [-0.15, -0.1) is 0 Å². The summed E-state index contributed by atoms with van der Waals surface area (Å²) in [5.41, 5.74) is 31.1. The fraction of sp³-hybridized carbons (Fsp3) is 0.419. The fourth-order valence-corrected chi connectivity index (χ4v) is 18.9. The molecule has 19 aromatic rings. The maximum absolute atomic E-state index is 11.5. The smallest absolute Gasteiger partial charge is 0.337 e. The summed E-state index contributed by atoms with van der Waals surface area (Å²) < 4.78 is 30.2. The zero-order chi connectivity index (χ0) is 109. The highest BCUT2D eigenvalue weighted by Crippen LogP contribution is 2.45. The quantitative estimate of drug-likeness (QED) is 0.0909. The molecule has 1 aliphatic carbocycles. The van der Waals surface area contributed by atoms with Crippen LogP contribution in [-0.2, 0) is 110 Å². The topological polar surface area (TPSA) is 253 Å². The van der Waals surface area contributed by atoms with Crippen LogP contribution in [0.15, 0.2) is 220 Å². The van der Waals surface area contributed by atoms with Gasteiger partial charge in [-0.3, -0.25) is 42.7 Å². The third-order valence-corrected chi connectivity index (χ3v) is 27.2. The van der Waals surface area contributed by atoms with E-state index in [1.165, 1.54) is 119 Å². The van der Waals surface area contributed by atoms with Gasteiger partial charge in [0.2, 0.25) is 5.91 Å². The van der Waals surface area contributed by atoms with E-state index in [9.17, 15) is 14.7 Å². The number of nitrogens with zero attached hydrogens (tertiary/aromatic N) is 18. The Labute approximate surface area is 881 Å². The lowest BCUT2D eigenvalue weighted by Gasteiger charge is -2.27. The summed E-state index contributed by atoms with van der Waals surface area (Å²) in [7, 11) is 17.3. The number of hydrogen-bond donors (Lipinski definition) is 3. The summed E-state index contributed by atoms with van der Waals surface area (Å²) in [5, 5.41) is 59.3. The van der Waals surface area contributed by atoms with E-state index in [0.29, 0.717) is 23.9 Å². The molecule has 0 saturated heterocycles.